The summed E-state index contributed by atoms with van der Waals surface area (Å²) in [6, 6.07) is 7.52. The number of benzene rings is 1. The Bertz CT molecular complexity index is 510. The molecule has 0 fully saturated rings. The molecule has 2 atom stereocenters. The Morgan fingerprint density at radius 2 is 2.35 bits per heavy atom. The molecule has 0 saturated carbocycles. The molecule has 1 N–H and O–H groups in total. The van der Waals surface area contributed by atoms with Gasteiger partial charge in [-0.1, -0.05) is 15.9 Å². The Kier molecular flexibility index (Phi) is 3.72. The second-order valence-corrected chi connectivity index (χ2v) is 4.88. The summed E-state index contributed by atoms with van der Waals surface area (Å²) in [6.45, 7) is 0. The lowest BCUT2D eigenvalue weighted by Crippen LogP contribution is -2.36. The van der Waals surface area contributed by atoms with E-state index in [-0.39, 0.29) is 5.88 Å². The Hall–Kier alpha value is -1.02. The number of aliphatic hydroxyl groups is 1. The molecule has 2 rings (SSSR count). The summed E-state index contributed by atoms with van der Waals surface area (Å²) in [5.41, 5.74) is 1.19. The van der Waals surface area contributed by atoms with Crippen molar-refractivity contribution in [3.63, 3.8) is 0 Å². The van der Waals surface area contributed by atoms with Gasteiger partial charge in [-0.2, -0.15) is 5.26 Å². The third kappa shape index (κ3) is 2.47. The smallest absolute Gasteiger partial charge is 0.160 e. The van der Waals surface area contributed by atoms with Crippen LogP contribution in [0.4, 0.5) is 0 Å². The van der Waals surface area contributed by atoms with Crippen molar-refractivity contribution in [3.8, 4) is 11.8 Å². The molecule has 1 heterocycles. The van der Waals surface area contributed by atoms with Crippen LogP contribution in [0.3, 0.4) is 0 Å². The zero-order valence-corrected chi connectivity index (χ0v) is 11.1. The minimum atomic E-state index is -0.889. The van der Waals surface area contributed by atoms with E-state index in [0.717, 1.165) is 10.0 Å². The normalized spacial score (nSPS) is 19.6. The Morgan fingerprint density at radius 3 is 3.00 bits per heavy atom. The molecule has 0 spiro atoms. The maximum atomic E-state index is 9.71. The molecule has 1 aliphatic heterocycles. The minimum absolute atomic E-state index is 0.0234. The van der Waals surface area contributed by atoms with Crippen LogP contribution in [0.2, 0.25) is 0 Å². The molecule has 0 aromatic heterocycles. The number of aliphatic hydroxyl groups excluding tert-OH is 1. The summed E-state index contributed by atoms with van der Waals surface area (Å²) in [7, 11) is 0. The number of nitrogens with zero attached hydrogens (tertiary/aromatic N) is 1. The fourth-order valence-corrected chi connectivity index (χ4v) is 2.19. The van der Waals surface area contributed by atoms with Gasteiger partial charge in [0.15, 0.2) is 6.10 Å². The highest BCUT2D eigenvalue weighted by Crippen LogP contribution is 2.32. The predicted octanol–water partition coefficient (Wildman–Crippen LogP) is 2.72. The minimum Gasteiger partial charge on any atom is -0.482 e. The van der Waals surface area contributed by atoms with Gasteiger partial charge in [-0.15, -0.1) is 11.6 Å². The Balaban J connectivity index is 2.42. The standard InChI is InChI=1S/C12H9BrClNO2/c13-9-1-2-11-7(4-9)3-8(6-15)12(17-11)10(16)5-14/h1-4,10,12,16H,5H2/t10-,12+/m1/s1. The van der Waals surface area contributed by atoms with Gasteiger partial charge in [0.2, 0.25) is 0 Å². The van der Waals surface area contributed by atoms with Crippen LogP contribution in [0.25, 0.3) is 6.08 Å². The van der Waals surface area contributed by atoms with Crippen LogP contribution in [0.1, 0.15) is 5.56 Å². The van der Waals surface area contributed by atoms with E-state index < -0.39 is 12.2 Å². The molecular formula is C12H9BrClNO2. The summed E-state index contributed by atoms with van der Waals surface area (Å²) in [6.07, 6.45) is 0.134. The van der Waals surface area contributed by atoms with Gasteiger partial charge in [-0.3, -0.25) is 0 Å². The van der Waals surface area contributed by atoms with Crippen LogP contribution in [-0.2, 0) is 0 Å². The number of ether oxygens (including phenoxy) is 1. The number of hydrogen-bond acceptors (Lipinski definition) is 3. The molecule has 1 aromatic carbocycles. The van der Waals surface area contributed by atoms with E-state index in [4.69, 9.17) is 21.6 Å². The topological polar surface area (TPSA) is 53.2 Å². The van der Waals surface area contributed by atoms with Crippen molar-refractivity contribution >= 4 is 33.6 Å². The molecule has 0 unspecified atom stereocenters. The highest BCUT2D eigenvalue weighted by atomic mass is 79.9. The first kappa shape index (κ1) is 12.4. The maximum absolute atomic E-state index is 9.71. The largest absolute Gasteiger partial charge is 0.482 e. The van der Waals surface area contributed by atoms with E-state index in [1.165, 1.54) is 0 Å². The fraction of sp³-hybridized carbons (Fsp3) is 0.250. The van der Waals surface area contributed by atoms with Crippen LogP contribution >= 0.6 is 27.5 Å². The molecule has 0 radical (unpaired) electrons. The molecule has 1 aromatic rings. The first-order valence-corrected chi connectivity index (χ1v) is 6.30. The van der Waals surface area contributed by atoms with E-state index in [1.54, 1.807) is 12.1 Å². The van der Waals surface area contributed by atoms with Gasteiger partial charge in [0.25, 0.3) is 0 Å². The molecule has 0 saturated heterocycles. The maximum Gasteiger partial charge on any atom is 0.160 e. The molecule has 1 aliphatic rings. The van der Waals surface area contributed by atoms with Gasteiger partial charge in [-0.05, 0) is 24.3 Å². The second-order valence-electron chi connectivity index (χ2n) is 3.65. The van der Waals surface area contributed by atoms with E-state index in [2.05, 4.69) is 15.9 Å². The van der Waals surface area contributed by atoms with Crippen molar-refractivity contribution < 1.29 is 9.84 Å². The van der Waals surface area contributed by atoms with Gasteiger partial charge in [-0.25, -0.2) is 0 Å². The monoisotopic (exact) mass is 313 g/mol. The van der Waals surface area contributed by atoms with Gasteiger partial charge >= 0.3 is 0 Å². The second kappa shape index (κ2) is 5.09. The van der Waals surface area contributed by atoms with Crippen LogP contribution in [0, 0.1) is 11.3 Å². The summed E-state index contributed by atoms with van der Waals surface area (Å²) >= 11 is 8.94. The molecule has 0 bridgehead atoms. The highest BCUT2D eigenvalue weighted by molar-refractivity contribution is 9.10. The molecule has 88 valence electrons. The van der Waals surface area contributed by atoms with Crippen molar-refractivity contribution in [2.75, 3.05) is 5.88 Å². The van der Waals surface area contributed by atoms with Crippen molar-refractivity contribution in [2.24, 2.45) is 0 Å². The number of fused-ring (bicyclic) bond motifs is 1. The van der Waals surface area contributed by atoms with Crippen LogP contribution in [-0.4, -0.2) is 23.2 Å². The summed E-state index contributed by atoms with van der Waals surface area (Å²) < 4.78 is 6.50. The third-order valence-electron chi connectivity index (χ3n) is 2.48. The molecular weight excluding hydrogens is 305 g/mol. The molecule has 17 heavy (non-hydrogen) atoms. The highest BCUT2D eigenvalue weighted by Gasteiger charge is 2.29. The van der Waals surface area contributed by atoms with Gasteiger partial charge < -0.3 is 9.84 Å². The van der Waals surface area contributed by atoms with Crippen molar-refractivity contribution in [1.82, 2.24) is 0 Å². The summed E-state index contributed by atoms with van der Waals surface area (Å²) in [5, 5.41) is 18.7. The predicted molar refractivity (Wildman–Crippen MR) is 68.9 cm³/mol. The van der Waals surface area contributed by atoms with Gasteiger partial charge in [0.1, 0.15) is 11.9 Å². The first-order chi connectivity index (χ1) is 8.15. The lowest BCUT2D eigenvalue weighted by Gasteiger charge is -2.27. The van der Waals surface area contributed by atoms with E-state index in [0.29, 0.717) is 11.3 Å². The Labute approximate surface area is 112 Å². The average molecular weight is 315 g/mol. The van der Waals surface area contributed by atoms with Crippen LogP contribution in [0.15, 0.2) is 28.2 Å². The average Bonchev–Trinajstić information content (AvgIpc) is 2.36. The summed E-state index contributed by atoms with van der Waals surface area (Å²) in [5.74, 6) is 0.664. The number of halogens is 2. The SMILES string of the molecule is N#CC1=Cc2cc(Br)ccc2O[C@@H]1[C@H](O)CCl. The molecule has 3 nitrogen and oxygen atoms in total. The van der Waals surface area contributed by atoms with Gasteiger partial charge in [0.05, 0.1) is 17.5 Å². The van der Waals surface area contributed by atoms with Crippen molar-refractivity contribution in [1.29, 1.82) is 5.26 Å². The zero-order valence-electron chi connectivity index (χ0n) is 8.73. The number of alkyl halides is 1. The lowest BCUT2D eigenvalue weighted by molar-refractivity contribution is 0.0742. The molecule has 0 aliphatic carbocycles. The number of rotatable bonds is 2. The molecule has 0 amide bonds. The molecule has 5 heteroatoms. The van der Waals surface area contributed by atoms with Gasteiger partial charge in [0, 0.05) is 10.0 Å². The quantitative estimate of drug-likeness (QED) is 0.854. The fourth-order valence-electron chi connectivity index (χ4n) is 1.65. The first-order valence-electron chi connectivity index (χ1n) is 4.97. The van der Waals surface area contributed by atoms with Crippen LogP contribution < -0.4 is 4.74 Å². The van der Waals surface area contributed by atoms with E-state index in [9.17, 15) is 5.11 Å². The zero-order chi connectivity index (χ0) is 12.4. The van der Waals surface area contributed by atoms with Crippen molar-refractivity contribution in [3.05, 3.63) is 33.8 Å². The number of hydrogen-bond donors (Lipinski definition) is 1. The summed E-state index contributed by atoms with van der Waals surface area (Å²) in [4.78, 5) is 0. The number of nitriles is 1. The third-order valence-corrected chi connectivity index (χ3v) is 3.29. The Morgan fingerprint density at radius 1 is 1.59 bits per heavy atom. The van der Waals surface area contributed by atoms with Crippen molar-refractivity contribution in [2.45, 2.75) is 12.2 Å². The van der Waals surface area contributed by atoms with E-state index in [1.807, 2.05) is 18.2 Å². The van der Waals surface area contributed by atoms with E-state index >= 15 is 0 Å². The van der Waals surface area contributed by atoms with Crippen LogP contribution in [0.5, 0.6) is 5.75 Å². The lowest BCUT2D eigenvalue weighted by atomic mass is 9.99.